The molecule has 1 amide bonds. The molecule has 2 aromatic carbocycles. The van der Waals surface area contributed by atoms with Gasteiger partial charge in [-0.2, -0.15) is 0 Å². The minimum atomic E-state index is -0.238. The van der Waals surface area contributed by atoms with Crippen LogP contribution in [0, 0.1) is 13.8 Å². The zero-order valence-electron chi connectivity index (χ0n) is 16.1. The number of nitrogens with one attached hydrogen (secondary N) is 1. The first-order valence-corrected chi connectivity index (χ1v) is 9.35. The Balaban J connectivity index is 1.60. The largest absolute Gasteiger partial charge is 0.454 e. The van der Waals surface area contributed by atoms with Gasteiger partial charge in [-0.25, -0.2) is 4.98 Å². The summed E-state index contributed by atoms with van der Waals surface area (Å²) in [6.07, 6.45) is 1.93. The summed E-state index contributed by atoms with van der Waals surface area (Å²) in [5.74, 6) is 1.06. The van der Waals surface area contributed by atoms with Crippen molar-refractivity contribution in [1.82, 2.24) is 9.38 Å². The number of carbonyl (C=O) groups is 1. The number of carbonyl (C=O) groups excluding carboxylic acids is 1. The Morgan fingerprint density at radius 1 is 0.966 bits per heavy atom. The van der Waals surface area contributed by atoms with Crippen LogP contribution in [0.3, 0.4) is 0 Å². The summed E-state index contributed by atoms with van der Waals surface area (Å²) in [5.41, 5.74) is 5.59. The molecule has 0 saturated carbocycles. The van der Waals surface area contributed by atoms with E-state index in [1.807, 2.05) is 60.8 Å². The molecular formula is C23H19N3O3. The quantitative estimate of drug-likeness (QED) is 0.560. The van der Waals surface area contributed by atoms with Crippen LogP contribution in [0.4, 0.5) is 5.69 Å². The first kappa shape index (κ1) is 17.3. The number of amides is 1. The third-order valence-electron chi connectivity index (χ3n) is 4.94. The molecule has 0 saturated heterocycles. The van der Waals surface area contributed by atoms with Gasteiger partial charge < -0.3 is 14.8 Å². The summed E-state index contributed by atoms with van der Waals surface area (Å²) in [5, 5.41) is 2.97. The topological polar surface area (TPSA) is 64.9 Å². The van der Waals surface area contributed by atoms with Gasteiger partial charge in [0.1, 0.15) is 17.0 Å². The lowest BCUT2D eigenvalue weighted by atomic mass is 10.1. The van der Waals surface area contributed by atoms with Gasteiger partial charge in [-0.3, -0.25) is 9.20 Å². The van der Waals surface area contributed by atoms with E-state index >= 15 is 0 Å². The van der Waals surface area contributed by atoms with E-state index in [1.54, 1.807) is 18.2 Å². The van der Waals surface area contributed by atoms with E-state index in [1.165, 1.54) is 0 Å². The molecule has 0 bridgehead atoms. The van der Waals surface area contributed by atoms with Crippen LogP contribution in [0.1, 0.15) is 21.6 Å². The number of aromatic nitrogens is 2. The van der Waals surface area contributed by atoms with E-state index < -0.39 is 0 Å². The maximum atomic E-state index is 13.3. The van der Waals surface area contributed by atoms with Crippen LogP contribution >= 0.6 is 0 Å². The van der Waals surface area contributed by atoms with E-state index in [4.69, 9.17) is 14.5 Å². The Morgan fingerprint density at radius 2 is 1.72 bits per heavy atom. The van der Waals surface area contributed by atoms with Gasteiger partial charge in [-0.05, 0) is 37.6 Å². The zero-order valence-corrected chi connectivity index (χ0v) is 16.1. The van der Waals surface area contributed by atoms with Crippen molar-refractivity contribution in [3.05, 3.63) is 77.6 Å². The SMILES string of the molecule is Cc1ccc(-c2nc3ccc(C)cn3c2C(=O)Nc2ccc3c(c2)OCO3)cc1. The van der Waals surface area contributed by atoms with Crippen LogP contribution in [0.2, 0.25) is 0 Å². The highest BCUT2D eigenvalue weighted by molar-refractivity contribution is 6.08. The van der Waals surface area contributed by atoms with Crippen molar-refractivity contribution in [3.8, 4) is 22.8 Å². The van der Waals surface area contributed by atoms with E-state index in [2.05, 4.69) is 5.32 Å². The maximum Gasteiger partial charge on any atom is 0.274 e. The van der Waals surface area contributed by atoms with Crippen molar-refractivity contribution in [1.29, 1.82) is 0 Å². The Morgan fingerprint density at radius 3 is 2.55 bits per heavy atom. The van der Waals surface area contributed by atoms with Gasteiger partial charge in [0.05, 0.1) is 0 Å². The monoisotopic (exact) mass is 385 g/mol. The third-order valence-corrected chi connectivity index (χ3v) is 4.94. The molecule has 0 unspecified atom stereocenters. The number of pyridine rings is 1. The molecule has 1 aliphatic rings. The second-order valence-corrected chi connectivity index (χ2v) is 7.13. The molecule has 5 rings (SSSR count). The van der Waals surface area contributed by atoms with Crippen molar-refractivity contribution in [2.24, 2.45) is 0 Å². The minimum Gasteiger partial charge on any atom is -0.454 e. The molecule has 0 radical (unpaired) electrons. The zero-order chi connectivity index (χ0) is 20.0. The van der Waals surface area contributed by atoms with Gasteiger partial charge in [-0.1, -0.05) is 35.9 Å². The highest BCUT2D eigenvalue weighted by Gasteiger charge is 2.22. The van der Waals surface area contributed by atoms with Gasteiger partial charge in [-0.15, -0.1) is 0 Å². The number of imidazole rings is 1. The molecular weight excluding hydrogens is 366 g/mol. The van der Waals surface area contributed by atoms with E-state index in [0.717, 1.165) is 22.3 Å². The normalized spacial score (nSPS) is 12.3. The fourth-order valence-corrected chi connectivity index (χ4v) is 3.45. The molecule has 0 fully saturated rings. The van der Waals surface area contributed by atoms with E-state index in [-0.39, 0.29) is 12.7 Å². The molecule has 0 spiro atoms. The molecule has 1 N–H and O–H groups in total. The minimum absolute atomic E-state index is 0.191. The van der Waals surface area contributed by atoms with Crippen molar-refractivity contribution >= 4 is 17.2 Å². The summed E-state index contributed by atoms with van der Waals surface area (Å²) in [6, 6.07) is 17.3. The highest BCUT2D eigenvalue weighted by Crippen LogP contribution is 2.34. The molecule has 6 heteroatoms. The first-order valence-electron chi connectivity index (χ1n) is 9.35. The predicted molar refractivity (Wildman–Crippen MR) is 111 cm³/mol. The maximum absolute atomic E-state index is 13.3. The fourth-order valence-electron chi connectivity index (χ4n) is 3.45. The summed E-state index contributed by atoms with van der Waals surface area (Å²) in [4.78, 5) is 18.0. The number of ether oxygens (including phenoxy) is 2. The van der Waals surface area contributed by atoms with Crippen LogP contribution in [-0.2, 0) is 0 Å². The summed E-state index contributed by atoms with van der Waals surface area (Å²) in [7, 11) is 0. The van der Waals surface area contributed by atoms with Crippen LogP contribution in [0.5, 0.6) is 11.5 Å². The second-order valence-electron chi connectivity index (χ2n) is 7.13. The number of hydrogen-bond donors (Lipinski definition) is 1. The van der Waals surface area contributed by atoms with Crippen LogP contribution in [0.15, 0.2) is 60.8 Å². The number of fused-ring (bicyclic) bond motifs is 2. The van der Waals surface area contributed by atoms with Gasteiger partial charge in [0.15, 0.2) is 11.5 Å². The van der Waals surface area contributed by atoms with Gasteiger partial charge in [0.25, 0.3) is 5.91 Å². The van der Waals surface area contributed by atoms with Crippen molar-refractivity contribution in [2.45, 2.75) is 13.8 Å². The van der Waals surface area contributed by atoms with Crippen LogP contribution < -0.4 is 14.8 Å². The van der Waals surface area contributed by atoms with Crippen molar-refractivity contribution < 1.29 is 14.3 Å². The lowest BCUT2D eigenvalue weighted by Gasteiger charge is -2.09. The van der Waals surface area contributed by atoms with E-state index in [0.29, 0.717) is 28.6 Å². The summed E-state index contributed by atoms with van der Waals surface area (Å²) >= 11 is 0. The van der Waals surface area contributed by atoms with Crippen LogP contribution in [0.25, 0.3) is 16.9 Å². The average Bonchev–Trinajstić information content (AvgIpc) is 3.32. The molecule has 0 aliphatic carbocycles. The molecule has 2 aromatic heterocycles. The number of aryl methyl sites for hydroxylation is 2. The smallest absolute Gasteiger partial charge is 0.274 e. The first-order chi connectivity index (χ1) is 14.1. The standard InChI is InChI=1S/C23H19N3O3/c1-14-3-6-16(7-4-14)21-22(26-12-15(2)5-10-20(26)25-21)23(27)24-17-8-9-18-19(11-17)29-13-28-18/h3-12H,13H2,1-2H3,(H,24,27). The molecule has 1 aliphatic heterocycles. The van der Waals surface area contributed by atoms with E-state index in [9.17, 15) is 4.79 Å². The number of anilines is 1. The van der Waals surface area contributed by atoms with Crippen molar-refractivity contribution in [3.63, 3.8) is 0 Å². The molecule has 6 nitrogen and oxygen atoms in total. The molecule has 0 atom stereocenters. The molecule has 3 heterocycles. The number of benzene rings is 2. The Kier molecular flexibility index (Phi) is 3.98. The Labute approximate surface area is 167 Å². The third kappa shape index (κ3) is 3.08. The fraction of sp³-hybridized carbons (Fsp3) is 0.130. The second kappa shape index (κ2) is 6.67. The summed E-state index contributed by atoms with van der Waals surface area (Å²) in [6.45, 7) is 4.21. The summed E-state index contributed by atoms with van der Waals surface area (Å²) < 4.78 is 12.6. The van der Waals surface area contributed by atoms with Crippen LogP contribution in [-0.4, -0.2) is 22.1 Å². The number of nitrogens with zero attached hydrogens (tertiary/aromatic N) is 2. The molecule has 144 valence electrons. The predicted octanol–water partition coefficient (Wildman–Crippen LogP) is 4.60. The lowest BCUT2D eigenvalue weighted by Crippen LogP contribution is -2.15. The number of hydrogen-bond acceptors (Lipinski definition) is 4. The Hall–Kier alpha value is -3.80. The average molecular weight is 385 g/mol. The van der Waals surface area contributed by atoms with Gasteiger partial charge >= 0.3 is 0 Å². The molecule has 4 aromatic rings. The van der Waals surface area contributed by atoms with Gasteiger partial charge in [0.2, 0.25) is 6.79 Å². The van der Waals surface area contributed by atoms with Gasteiger partial charge in [0, 0.05) is 23.5 Å². The highest BCUT2D eigenvalue weighted by atomic mass is 16.7. The molecule has 29 heavy (non-hydrogen) atoms. The van der Waals surface area contributed by atoms with Crippen molar-refractivity contribution in [2.75, 3.05) is 12.1 Å². The number of rotatable bonds is 3. The lowest BCUT2D eigenvalue weighted by molar-refractivity contribution is 0.102. The Bertz CT molecular complexity index is 1240.